The molecule has 0 aromatic rings. The second-order valence-corrected chi connectivity index (χ2v) is 31.2. The van der Waals surface area contributed by atoms with E-state index in [4.69, 9.17) is 14.6 Å². The molecule has 0 aliphatic heterocycles. The number of hydrogen-bond donors (Lipinski definition) is 2. The lowest BCUT2D eigenvalue weighted by molar-refractivity contribution is -0.179. The van der Waals surface area contributed by atoms with E-state index in [1.165, 1.54) is 6.42 Å². The SMILES string of the molecule is CC(C)C(C(C)C)C(C)(C)C.CC(C)C(C(C)C)C(C)O.CC(C)C(C(C)C)C(C)OC(F)F.CC(C)C(C)C(C)C.CC(C)C(CO)C(C)C.CCC(C(C)C)C(C)C.COC(C)C(C(C)C)C(C)C.COCC(C(C)C)C(C)C. The molecular formula is C74H162F2O5. The summed E-state index contributed by atoms with van der Waals surface area (Å²) in [5, 5.41) is 18.2. The largest absolute Gasteiger partial charge is 0.396 e. The first kappa shape index (κ1) is 97.0. The molecule has 0 heterocycles. The number of ether oxygens (including phenoxy) is 3. The van der Waals surface area contributed by atoms with Crippen LogP contribution in [0.3, 0.4) is 0 Å². The van der Waals surface area contributed by atoms with Gasteiger partial charge in [-0.25, -0.2) is 0 Å². The topological polar surface area (TPSA) is 68.2 Å². The summed E-state index contributed by atoms with van der Waals surface area (Å²) in [4.78, 5) is 0. The van der Waals surface area contributed by atoms with Crippen LogP contribution in [0.25, 0.3) is 0 Å². The van der Waals surface area contributed by atoms with Crippen LogP contribution in [0.5, 0.6) is 0 Å². The first-order valence-electron chi connectivity index (χ1n) is 33.7. The Balaban J connectivity index is -0.000000126. The molecule has 3 atom stereocenters. The second-order valence-electron chi connectivity index (χ2n) is 31.2. The van der Waals surface area contributed by atoms with E-state index in [0.717, 1.165) is 71.7 Å². The second kappa shape index (κ2) is 53.9. The Morgan fingerprint density at radius 3 is 0.691 bits per heavy atom. The maximum absolute atomic E-state index is 12.0. The first-order valence-corrected chi connectivity index (χ1v) is 33.7. The fourth-order valence-electron chi connectivity index (χ4n) is 13.8. The highest BCUT2D eigenvalue weighted by atomic mass is 19.3. The van der Waals surface area contributed by atoms with Crippen LogP contribution < -0.4 is 0 Å². The molecule has 0 aromatic carbocycles. The highest BCUT2D eigenvalue weighted by Gasteiger charge is 2.30. The van der Waals surface area contributed by atoms with E-state index in [0.29, 0.717) is 89.1 Å². The monoisotopic (exact) mass is 1170 g/mol. The summed E-state index contributed by atoms with van der Waals surface area (Å²) in [6.45, 7) is 87.2. The van der Waals surface area contributed by atoms with Crippen molar-refractivity contribution < 1.29 is 33.2 Å². The predicted molar refractivity (Wildman–Crippen MR) is 364 cm³/mol. The van der Waals surface area contributed by atoms with Gasteiger partial charge in [-0.2, -0.15) is 8.78 Å². The molecule has 3 unspecified atom stereocenters. The van der Waals surface area contributed by atoms with Gasteiger partial charge in [0.1, 0.15) is 0 Å². The minimum atomic E-state index is -2.66. The van der Waals surface area contributed by atoms with E-state index in [-0.39, 0.29) is 18.1 Å². The Hall–Kier alpha value is -0.340. The number of alkyl halides is 2. The van der Waals surface area contributed by atoms with Gasteiger partial charge in [-0.3, -0.25) is 0 Å². The summed E-state index contributed by atoms with van der Waals surface area (Å²) in [5.41, 5.74) is 0.461. The molecule has 0 aromatic heterocycles. The zero-order valence-electron chi connectivity index (χ0n) is 63.7. The molecule has 0 amide bonds. The van der Waals surface area contributed by atoms with Crippen molar-refractivity contribution in [3.05, 3.63) is 0 Å². The first-order chi connectivity index (χ1) is 36.4. The number of aliphatic hydroxyl groups is 2. The summed E-state index contributed by atoms with van der Waals surface area (Å²) in [5.74, 6) is 16.1. The molecule has 2 N–H and O–H groups in total. The van der Waals surface area contributed by atoms with Crippen molar-refractivity contribution in [1.82, 2.24) is 0 Å². The minimum absolute atomic E-state index is 0.167. The summed E-state index contributed by atoms with van der Waals surface area (Å²) in [7, 11) is 3.57. The van der Waals surface area contributed by atoms with E-state index >= 15 is 0 Å². The molecule has 0 rings (SSSR count). The molecule has 0 saturated heterocycles. The summed E-state index contributed by atoms with van der Waals surface area (Å²) in [6.07, 6.45) is 1.17. The van der Waals surface area contributed by atoms with Crippen LogP contribution in [0.15, 0.2) is 0 Å². The summed E-state index contributed by atoms with van der Waals surface area (Å²) >= 11 is 0. The Morgan fingerprint density at radius 1 is 0.358 bits per heavy atom. The number of hydrogen-bond acceptors (Lipinski definition) is 5. The highest BCUT2D eigenvalue weighted by molar-refractivity contribution is 4.79. The van der Waals surface area contributed by atoms with Crippen LogP contribution >= 0.6 is 0 Å². The van der Waals surface area contributed by atoms with Crippen molar-refractivity contribution in [2.24, 2.45) is 147 Å². The smallest absolute Gasteiger partial charge is 0.345 e. The number of rotatable bonds is 26. The van der Waals surface area contributed by atoms with Gasteiger partial charge in [-0.05, 0) is 168 Å². The van der Waals surface area contributed by atoms with Gasteiger partial charge in [-0.15, -0.1) is 0 Å². The highest BCUT2D eigenvalue weighted by Crippen LogP contribution is 2.37. The molecule has 0 spiro atoms. The lowest BCUT2D eigenvalue weighted by Gasteiger charge is -2.37. The number of aliphatic hydroxyl groups excluding tert-OH is 2. The molecule has 502 valence electrons. The molecule has 0 fully saturated rings. The molecule has 0 radical (unpaired) electrons. The normalized spacial score (nSPS) is 13.5. The fraction of sp³-hybridized carbons (Fsp3) is 1.00. The van der Waals surface area contributed by atoms with Gasteiger partial charge >= 0.3 is 6.61 Å². The van der Waals surface area contributed by atoms with E-state index in [1.807, 2.05) is 34.6 Å². The fourth-order valence-corrected chi connectivity index (χ4v) is 13.8. The Bertz CT molecular complexity index is 1160. The molecule has 0 bridgehead atoms. The van der Waals surface area contributed by atoms with E-state index < -0.39 is 6.61 Å². The van der Waals surface area contributed by atoms with Crippen molar-refractivity contribution in [2.45, 2.75) is 308 Å². The van der Waals surface area contributed by atoms with Crippen LogP contribution in [-0.2, 0) is 14.2 Å². The van der Waals surface area contributed by atoms with E-state index in [1.54, 1.807) is 21.1 Å². The lowest BCUT2D eigenvalue weighted by Crippen LogP contribution is -2.31. The van der Waals surface area contributed by atoms with E-state index in [2.05, 4.69) is 240 Å². The van der Waals surface area contributed by atoms with Gasteiger partial charge in [0.25, 0.3) is 0 Å². The average molecular weight is 1170 g/mol. The minimum Gasteiger partial charge on any atom is -0.396 e. The van der Waals surface area contributed by atoms with Crippen molar-refractivity contribution in [2.75, 3.05) is 27.4 Å². The Morgan fingerprint density at radius 2 is 0.630 bits per heavy atom. The number of methoxy groups -OCH3 is 2. The van der Waals surface area contributed by atoms with Crippen LogP contribution in [-0.4, -0.2) is 62.6 Å². The molecule has 5 nitrogen and oxygen atoms in total. The van der Waals surface area contributed by atoms with Crippen molar-refractivity contribution >= 4 is 0 Å². The molecular weight excluding hydrogens is 1010 g/mol. The van der Waals surface area contributed by atoms with Gasteiger partial charge in [0.05, 0.1) is 18.3 Å². The molecule has 81 heavy (non-hydrogen) atoms. The Labute approximate surface area is 514 Å². The number of halogens is 2. The van der Waals surface area contributed by atoms with E-state index in [9.17, 15) is 13.9 Å². The molecule has 7 heteroatoms. The van der Waals surface area contributed by atoms with Gasteiger partial charge in [-0.1, -0.05) is 263 Å². The van der Waals surface area contributed by atoms with Gasteiger partial charge in [0.15, 0.2) is 0 Å². The van der Waals surface area contributed by atoms with Crippen LogP contribution in [0.2, 0.25) is 0 Å². The van der Waals surface area contributed by atoms with Crippen molar-refractivity contribution in [1.29, 1.82) is 0 Å². The van der Waals surface area contributed by atoms with Crippen LogP contribution in [0.1, 0.15) is 283 Å². The van der Waals surface area contributed by atoms with Crippen LogP contribution in [0, 0.1) is 147 Å². The lowest BCUT2D eigenvalue weighted by atomic mass is 9.69. The van der Waals surface area contributed by atoms with Crippen molar-refractivity contribution in [3.63, 3.8) is 0 Å². The summed E-state index contributed by atoms with van der Waals surface area (Å²) in [6, 6.07) is 0. The van der Waals surface area contributed by atoms with Gasteiger partial charge in [0, 0.05) is 27.4 Å². The van der Waals surface area contributed by atoms with Gasteiger partial charge in [0.2, 0.25) is 0 Å². The third-order valence-corrected chi connectivity index (χ3v) is 17.7. The molecule has 0 aliphatic carbocycles. The maximum Gasteiger partial charge on any atom is 0.345 e. The van der Waals surface area contributed by atoms with Crippen LogP contribution in [0.4, 0.5) is 8.78 Å². The standard InChI is InChI=1S/C11H24.C10H20F2O.C10H22O.2C9H20O.C9H20.C8H18O.C8H18/c1-8(2)10(9(3)4)11(5,6)7;1-6(2)9(7(3)4)8(5)13-10(11)12;1-7(2)10(8(3)4)9(5)11-6;1-7(2)9(6-10-5)8(3)4;1-6(2)9(7(3)4)8(5)10;1-6-9(7(2)3)8(4)5;1-6(2)8(5-9)7(3)4;1-6(2)8(5)7(3)4/h8-10H,1-7H3;6-10H,1-5H3;7-10H,1-6H3;7-9H,6H2,1-5H3;6-10H,1-5H3;7-9H,6H2,1-5H3;6-9H,5H2,1-4H3;6-8H,1-5H3. The predicted octanol–water partition coefficient (Wildman–Crippen LogP) is 23.5. The molecule has 0 saturated carbocycles. The quantitative estimate of drug-likeness (QED) is 0.0903. The third kappa shape index (κ3) is 53.6. The maximum atomic E-state index is 12.0. The third-order valence-electron chi connectivity index (χ3n) is 17.7. The van der Waals surface area contributed by atoms with Gasteiger partial charge < -0.3 is 24.4 Å². The zero-order valence-corrected chi connectivity index (χ0v) is 63.7. The van der Waals surface area contributed by atoms with Crippen molar-refractivity contribution in [3.8, 4) is 0 Å². The molecule has 0 aliphatic rings. The summed E-state index contributed by atoms with van der Waals surface area (Å²) < 4.78 is 38.9. The average Bonchev–Trinajstić information content (AvgIpc) is 3.24. The zero-order chi connectivity index (χ0) is 66.9. The Kier molecular flexibility index (Phi) is 64.5.